The normalized spacial score (nSPS) is 43.1. The molecule has 51 heavy (non-hydrogen) atoms. The lowest BCUT2D eigenvalue weighted by molar-refractivity contribution is -0.243. The van der Waals surface area contributed by atoms with Crippen molar-refractivity contribution >= 4 is 35.1 Å². The zero-order valence-electron chi connectivity index (χ0n) is 31.4. The van der Waals surface area contributed by atoms with Gasteiger partial charge < -0.3 is 30.7 Å². The topological polar surface area (TPSA) is 128 Å². The molecule has 5 N–H and O–H groups in total. The average Bonchev–Trinajstić information content (AvgIpc) is 3.09. The summed E-state index contributed by atoms with van der Waals surface area (Å²) < 4.78 is 5.36. The number of ether oxygens (including phenoxy) is 1. The Balaban J connectivity index is 1.25. The summed E-state index contributed by atoms with van der Waals surface area (Å²) in [5.41, 5.74) is -0.369. The number of amides is 1. The van der Waals surface area contributed by atoms with Crippen LogP contribution in [0.5, 0.6) is 0 Å². The minimum absolute atomic E-state index is 0.0773. The number of benzene rings is 1. The van der Waals surface area contributed by atoms with Gasteiger partial charge in [-0.05, 0) is 129 Å². The number of aliphatic hydroxyl groups excluding tert-OH is 3. The molecule has 284 valence electrons. The third-order valence-corrected chi connectivity index (χ3v) is 16.4. The lowest BCUT2D eigenvalue weighted by Crippen LogP contribution is -2.68. The van der Waals surface area contributed by atoms with E-state index < -0.39 is 28.5 Å². The van der Waals surface area contributed by atoms with E-state index in [4.69, 9.17) is 27.9 Å². The van der Waals surface area contributed by atoms with Gasteiger partial charge in [0.1, 0.15) is 0 Å². The second-order valence-corrected chi connectivity index (χ2v) is 19.0. The third-order valence-electron chi connectivity index (χ3n) is 15.8. The summed E-state index contributed by atoms with van der Waals surface area (Å²) in [6.45, 7) is 12.8. The van der Waals surface area contributed by atoms with Crippen molar-refractivity contribution in [1.82, 2.24) is 10.6 Å². The minimum atomic E-state index is -0.958. The molecule has 0 aliphatic heterocycles. The number of esters is 1. The molecule has 4 saturated carbocycles. The van der Waals surface area contributed by atoms with Gasteiger partial charge in [0.05, 0.1) is 36.8 Å². The largest absolute Gasteiger partial charge is 0.469 e. The highest BCUT2D eigenvalue weighted by Gasteiger charge is 2.71. The van der Waals surface area contributed by atoms with Crippen LogP contribution in [-0.4, -0.2) is 66.2 Å². The first-order chi connectivity index (χ1) is 24.0. The van der Waals surface area contributed by atoms with E-state index >= 15 is 0 Å². The van der Waals surface area contributed by atoms with Crippen LogP contribution in [0.2, 0.25) is 10.0 Å². The second-order valence-electron chi connectivity index (χ2n) is 18.2. The Morgan fingerprint density at radius 2 is 1.69 bits per heavy atom. The quantitative estimate of drug-likeness (QED) is 0.106. The van der Waals surface area contributed by atoms with Crippen molar-refractivity contribution in [2.24, 2.45) is 50.2 Å². The van der Waals surface area contributed by atoms with E-state index in [1.807, 2.05) is 26.0 Å². The van der Waals surface area contributed by atoms with Crippen LogP contribution < -0.4 is 10.6 Å². The second kappa shape index (κ2) is 13.9. The smallest absolute Gasteiger partial charge is 0.311 e. The van der Waals surface area contributed by atoms with Crippen molar-refractivity contribution in [1.29, 1.82) is 0 Å². The maximum atomic E-state index is 14.5. The monoisotopic (exact) mass is 746 g/mol. The van der Waals surface area contributed by atoms with E-state index in [1.165, 1.54) is 12.7 Å². The summed E-state index contributed by atoms with van der Waals surface area (Å²) in [4.78, 5) is 27.8. The Morgan fingerprint density at radius 1 is 0.961 bits per heavy atom. The number of aliphatic hydroxyl groups is 3. The van der Waals surface area contributed by atoms with Gasteiger partial charge in [0.25, 0.3) is 0 Å². The number of hydrogen-bond acceptors (Lipinski definition) is 7. The number of halogens is 2. The summed E-state index contributed by atoms with van der Waals surface area (Å²) in [6, 6.07) is 5.49. The van der Waals surface area contributed by atoms with Crippen molar-refractivity contribution in [3.63, 3.8) is 0 Å². The first-order valence-corrected chi connectivity index (χ1v) is 19.9. The van der Waals surface area contributed by atoms with Crippen LogP contribution in [0, 0.1) is 50.2 Å². The molecule has 0 radical (unpaired) electrons. The lowest BCUT2D eigenvalue weighted by Gasteiger charge is -2.71. The molecule has 0 heterocycles. The summed E-state index contributed by atoms with van der Waals surface area (Å²) >= 11 is 12.4. The highest BCUT2D eigenvalue weighted by Crippen LogP contribution is 2.75. The highest BCUT2D eigenvalue weighted by atomic mass is 35.5. The lowest BCUT2D eigenvalue weighted by atomic mass is 9.33. The van der Waals surface area contributed by atoms with Crippen molar-refractivity contribution in [3.8, 4) is 0 Å². The molecule has 10 heteroatoms. The molecular weight excluding hydrogens is 687 g/mol. The van der Waals surface area contributed by atoms with Gasteiger partial charge in [0.15, 0.2) is 0 Å². The maximum absolute atomic E-state index is 14.5. The SMILES string of the molecule is COC(=O)[C@@]1(C)CC[C@]2(C(=O)NCCCNCc3ccc(Cl)cc3Cl)CC[C@]3(C)C(=CCC4[C@@]5(C)C[C@H](O)[C@H](O)[C@@](C)(CO)C5CC[C@]43C)C2C1. The fourth-order valence-corrected chi connectivity index (χ4v) is 13.0. The van der Waals surface area contributed by atoms with Crippen LogP contribution in [-0.2, 0) is 20.9 Å². The van der Waals surface area contributed by atoms with Crippen molar-refractivity contribution in [2.75, 3.05) is 26.8 Å². The third kappa shape index (κ3) is 6.01. The van der Waals surface area contributed by atoms with Gasteiger partial charge in [-0.2, -0.15) is 0 Å². The number of carbonyl (C=O) groups is 2. The van der Waals surface area contributed by atoms with E-state index in [9.17, 15) is 24.9 Å². The summed E-state index contributed by atoms with van der Waals surface area (Å²) in [7, 11) is 1.46. The maximum Gasteiger partial charge on any atom is 0.311 e. The number of fused-ring (bicyclic) bond motifs is 7. The van der Waals surface area contributed by atoms with Gasteiger partial charge in [-0.25, -0.2) is 0 Å². The molecular formula is C41H60Cl2N2O6. The molecule has 3 unspecified atom stereocenters. The van der Waals surface area contributed by atoms with Gasteiger partial charge in [0, 0.05) is 28.5 Å². The van der Waals surface area contributed by atoms with Crippen LogP contribution in [0.25, 0.3) is 0 Å². The fraction of sp³-hybridized carbons (Fsp3) is 0.756. The number of methoxy groups -OCH3 is 1. The molecule has 0 aromatic heterocycles. The molecule has 0 spiro atoms. The summed E-state index contributed by atoms with van der Waals surface area (Å²) in [5, 5.41) is 41.0. The molecule has 1 aromatic carbocycles. The molecule has 4 fully saturated rings. The van der Waals surface area contributed by atoms with Crippen LogP contribution in [0.4, 0.5) is 0 Å². The van der Waals surface area contributed by atoms with E-state index in [1.54, 1.807) is 6.07 Å². The Bertz CT molecular complexity index is 1560. The van der Waals surface area contributed by atoms with Gasteiger partial charge in [0.2, 0.25) is 5.91 Å². The molecule has 0 saturated heterocycles. The molecule has 5 aliphatic rings. The Hall–Kier alpha value is -1.68. The number of rotatable bonds is 9. The van der Waals surface area contributed by atoms with E-state index in [2.05, 4.69) is 37.5 Å². The molecule has 6 rings (SSSR count). The highest BCUT2D eigenvalue weighted by molar-refractivity contribution is 6.35. The first kappa shape index (κ1) is 39.0. The predicted molar refractivity (Wildman–Crippen MR) is 200 cm³/mol. The molecule has 11 atom stereocenters. The molecule has 0 bridgehead atoms. The number of hydrogen-bond donors (Lipinski definition) is 5. The van der Waals surface area contributed by atoms with Gasteiger partial charge in [-0.1, -0.05) is 68.6 Å². The number of allylic oxidation sites excluding steroid dienone is 2. The van der Waals surface area contributed by atoms with Gasteiger partial charge >= 0.3 is 5.97 Å². The van der Waals surface area contributed by atoms with E-state index in [-0.39, 0.29) is 52.5 Å². The zero-order chi connectivity index (χ0) is 37.2. The van der Waals surface area contributed by atoms with E-state index in [0.717, 1.165) is 50.6 Å². The number of nitrogens with one attached hydrogen (secondary N) is 2. The average molecular weight is 748 g/mol. The summed E-state index contributed by atoms with van der Waals surface area (Å²) in [6.07, 6.45) is 7.89. The van der Waals surface area contributed by atoms with Crippen molar-refractivity contribution in [3.05, 3.63) is 45.5 Å². The van der Waals surface area contributed by atoms with Crippen LogP contribution in [0.15, 0.2) is 29.8 Å². The molecule has 1 amide bonds. The molecule has 8 nitrogen and oxygen atoms in total. The van der Waals surface area contributed by atoms with Crippen LogP contribution in [0.1, 0.15) is 104 Å². The van der Waals surface area contributed by atoms with E-state index in [0.29, 0.717) is 48.8 Å². The number of carbonyl (C=O) groups excluding carboxylic acids is 2. The minimum Gasteiger partial charge on any atom is -0.469 e. The Kier molecular flexibility index (Phi) is 10.6. The van der Waals surface area contributed by atoms with Crippen molar-refractivity contribution < 1.29 is 29.6 Å². The van der Waals surface area contributed by atoms with Gasteiger partial charge in [-0.3, -0.25) is 9.59 Å². The Morgan fingerprint density at radius 3 is 2.37 bits per heavy atom. The molecule has 1 aromatic rings. The van der Waals surface area contributed by atoms with Gasteiger partial charge in [-0.15, -0.1) is 0 Å². The fourth-order valence-electron chi connectivity index (χ4n) is 12.5. The van der Waals surface area contributed by atoms with Crippen LogP contribution >= 0.6 is 23.2 Å². The molecule has 5 aliphatic carbocycles. The first-order valence-electron chi connectivity index (χ1n) is 19.1. The van der Waals surface area contributed by atoms with Crippen LogP contribution in [0.3, 0.4) is 0 Å². The predicted octanol–water partition coefficient (Wildman–Crippen LogP) is 6.85. The Labute approximate surface area is 314 Å². The van der Waals surface area contributed by atoms with Crippen molar-refractivity contribution in [2.45, 2.75) is 118 Å². The summed E-state index contributed by atoms with van der Waals surface area (Å²) in [5.74, 6) is 0.103. The standard InChI is InChI=1S/C41H60Cl2N2O6/c1-36(35(50)51-6)14-16-41(34(49)45-19-7-18-44-23-25-8-9-26(42)20-29(25)43)17-15-39(4)27(28(41)21-36)10-11-32-37(2)22-30(47)33(48)38(3,24-46)31(37)12-13-40(32,39)5/h8-10,20,28,30-33,44,46-48H,7,11-19,21-24H2,1-6H3,(H,45,49)/t28?,30-,31?,32?,33-,36-,37-,38-,39+,40+,41-/m0/s1. The zero-order valence-corrected chi connectivity index (χ0v) is 32.9.